The Hall–Kier alpha value is -3.08. The number of furan rings is 1. The Morgan fingerprint density at radius 2 is 2.04 bits per heavy atom. The first-order valence-corrected chi connectivity index (χ1v) is 9.20. The topological polar surface area (TPSA) is 49.6 Å². The lowest BCUT2D eigenvalue weighted by molar-refractivity contribution is 0.0677. The van der Waals surface area contributed by atoms with Crippen LogP contribution in [0.1, 0.15) is 39.7 Å². The molecule has 1 amide bonds. The number of fused-ring (bicyclic) bond motifs is 1. The van der Waals surface area contributed by atoms with Crippen molar-refractivity contribution in [3.8, 4) is 0 Å². The summed E-state index contributed by atoms with van der Waals surface area (Å²) in [5, 5.41) is 0. The van der Waals surface area contributed by atoms with Gasteiger partial charge in [-0.3, -0.25) is 4.79 Å². The standard InChI is InChI=1S/C22H23N3O2/c1-24(2)20-15-17(11-12-23-20)21-18-9-4-3-7-16(18)8-5-13-25(21)22(26)19-10-6-14-27-19/h3-4,6-7,9-12,14-15,21H,5,8,13H2,1-2H3/t21-/m1/s1. The fourth-order valence-electron chi connectivity index (χ4n) is 3.73. The Morgan fingerprint density at radius 1 is 1.19 bits per heavy atom. The smallest absolute Gasteiger partial charge is 0.290 e. The molecule has 3 heterocycles. The van der Waals surface area contributed by atoms with Crippen molar-refractivity contribution in [3.63, 3.8) is 0 Å². The van der Waals surface area contributed by atoms with Crippen LogP contribution in [0, 0.1) is 0 Å². The summed E-state index contributed by atoms with van der Waals surface area (Å²) in [7, 11) is 3.94. The van der Waals surface area contributed by atoms with E-state index in [9.17, 15) is 4.79 Å². The van der Waals surface area contributed by atoms with Gasteiger partial charge in [0.2, 0.25) is 0 Å². The van der Waals surface area contributed by atoms with Crippen LogP contribution >= 0.6 is 0 Å². The number of amides is 1. The van der Waals surface area contributed by atoms with Gasteiger partial charge >= 0.3 is 0 Å². The molecule has 3 aromatic rings. The summed E-state index contributed by atoms with van der Waals surface area (Å²) in [6.45, 7) is 0.679. The van der Waals surface area contributed by atoms with E-state index in [0.29, 0.717) is 12.3 Å². The molecular formula is C22H23N3O2. The fraction of sp³-hybridized carbons (Fsp3) is 0.273. The van der Waals surface area contributed by atoms with E-state index in [2.05, 4.69) is 29.2 Å². The van der Waals surface area contributed by atoms with Crippen molar-refractivity contribution in [1.82, 2.24) is 9.88 Å². The monoisotopic (exact) mass is 361 g/mol. The average Bonchev–Trinajstić information content (AvgIpc) is 3.15. The third-order valence-electron chi connectivity index (χ3n) is 5.04. The Kier molecular flexibility index (Phi) is 4.67. The summed E-state index contributed by atoms with van der Waals surface area (Å²) in [6.07, 6.45) is 5.24. The van der Waals surface area contributed by atoms with Crippen LogP contribution in [-0.4, -0.2) is 36.4 Å². The van der Waals surface area contributed by atoms with E-state index in [1.54, 1.807) is 18.4 Å². The number of carbonyl (C=O) groups is 1. The van der Waals surface area contributed by atoms with Gasteiger partial charge in [-0.05, 0) is 53.8 Å². The van der Waals surface area contributed by atoms with E-state index in [4.69, 9.17) is 4.42 Å². The zero-order chi connectivity index (χ0) is 18.8. The second-order valence-electron chi connectivity index (χ2n) is 7.02. The quantitative estimate of drug-likeness (QED) is 0.709. The molecule has 0 unspecified atom stereocenters. The third kappa shape index (κ3) is 3.33. The van der Waals surface area contributed by atoms with Gasteiger partial charge in [0.25, 0.3) is 5.91 Å². The zero-order valence-electron chi connectivity index (χ0n) is 15.6. The molecule has 2 aromatic heterocycles. The maximum absolute atomic E-state index is 13.2. The molecule has 0 saturated heterocycles. The first-order chi connectivity index (χ1) is 13.1. The molecule has 0 N–H and O–H groups in total. The average molecular weight is 361 g/mol. The highest BCUT2D eigenvalue weighted by Gasteiger charge is 2.32. The minimum absolute atomic E-state index is 0.0788. The number of benzene rings is 1. The van der Waals surface area contributed by atoms with Gasteiger partial charge in [-0.1, -0.05) is 24.3 Å². The van der Waals surface area contributed by atoms with Gasteiger partial charge in [-0.15, -0.1) is 0 Å². The van der Waals surface area contributed by atoms with Crippen LogP contribution < -0.4 is 4.90 Å². The van der Waals surface area contributed by atoms with Crippen molar-refractivity contribution >= 4 is 11.7 Å². The van der Waals surface area contributed by atoms with Crippen LogP contribution in [0.25, 0.3) is 0 Å². The Balaban J connectivity index is 1.85. The normalized spacial score (nSPS) is 16.5. The van der Waals surface area contributed by atoms with Crippen LogP contribution in [0.3, 0.4) is 0 Å². The van der Waals surface area contributed by atoms with Crippen molar-refractivity contribution in [2.75, 3.05) is 25.5 Å². The second-order valence-corrected chi connectivity index (χ2v) is 7.02. The van der Waals surface area contributed by atoms with Crippen molar-refractivity contribution in [1.29, 1.82) is 0 Å². The predicted molar refractivity (Wildman–Crippen MR) is 105 cm³/mol. The number of aromatic nitrogens is 1. The van der Waals surface area contributed by atoms with Gasteiger partial charge < -0.3 is 14.2 Å². The molecule has 0 saturated carbocycles. The molecule has 5 nitrogen and oxygen atoms in total. The number of carbonyl (C=O) groups excluding carboxylic acids is 1. The molecule has 0 aliphatic carbocycles. The number of anilines is 1. The van der Waals surface area contributed by atoms with Crippen molar-refractivity contribution in [3.05, 3.63) is 83.4 Å². The van der Waals surface area contributed by atoms with E-state index < -0.39 is 0 Å². The molecule has 4 rings (SSSR count). The van der Waals surface area contributed by atoms with Crippen molar-refractivity contribution in [2.45, 2.75) is 18.9 Å². The molecule has 27 heavy (non-hydrogen) atoms. The van der Waals surface area contributed by atoms with Crippen LogP contribution in [0.15, 0.2) is 65.4 Å². The number of hydrogen-bond donors (Lipinski definition) is 0. The highest BCUT2D eigenvalue weighted by molar-refractivity contribution is 5.92. The maximum Gasteiger partial charge on any atom is 0.290 e. The predicted octanol–water partition coefficient (Wildman–Crippen LogP) is 3.92. The van der Waals surface area contributed by atoms with E-state index in [1.807, 2.05) is 42.2 Å². The SMILES string of the molecule is CN(C)c1cc([C@@H]2c3ccccc3CCCN2C(=O)c2ccco2)ccn1. The Labute approximate surface area is 159 Å². The summed E-state index contributed by atoms with van der Waals surface area (Å²) in [5.41, 5.74) is 3.52. The molecule has 1 atom stereocenters. The van der Waals surface area contributed by atoms with E-state index in [1.165, 1.54) is 11.1 Å². The summed E-state index contributed by atoms with van der Waals surface area (Å²) in [4.78, 5) is 21.6. The molecule has 1 aromatic carbocycles. The zero-order valence-corrected chi connectivity index (χ0v) is 15.6. The molecule has 1 aliphatic heterocycles. The van der Waals surface area contributed by atoms with E-state index in [-0.39, 0.29) is 11.9 Å². The highest BCUT2D eigenvalue weighted by atomic mass is 16.3. The minimum Gasteiger partial charge on any atom is -0.459 e. The molecule has 1 aliphatic rings. The first kappa shape index (κ1) is 17.3. The van der Waals surface area contributed by atoms with E-state index >= 15 is 0 Å². The van der Waals surface area contributed by atoms with Gasteiger partial charge in [-0.25, -0.2) is 4.98 Å². The minimum atomic E-state index is -0.164. The number of aryl methyl sites for hydroxylation is 1. The van der Waals surface area contributed by atoms with Gasteiger partial charge in [-0.2, -0.15) is 0 Å². The van der Waals surface area contributed by atoms with Gasteiger partial charge in [0.1, 0.15) is 5.82 Å². The highest BCUT2D eigenvalue weighted by Crippen LogP contribution is 2.36. The molecule has 138 valence electrons. The molecule has 0 fully saturated rings. The first-order valence-electron chi connectivity index (χ1n) is 9.20. The molecular weight excluding hydrogens is 338 g/mol. The fourth-order valence-corrected chi connectivity index (χ4v) is 3.73. The van der Waals surface area contributed by atoms with E-state index in [0.717, 1.165) is 24.2 Å². The molecule has 5 heteroatoms. The van der Waals surface area contributed by atoms with Gasteiger partial charge in [0.15, 0.2) is 5.76 Å². The summed E-state index contributed by atoms with van der Waals surface area (Å²) < 4.78 is 5.41. The van der Waals surface area contributed by atoms with Crippen LogP contribution in [0.2, 0.25) is 0 Å². The summed E-state index contributed by atoms with van der Waals surface area (Å²) in [5.74, 6) is 1.17. The van der Waals surface area contributed by atoms with Crippen LogP contribution in [-0.2, 0) is 6.42 Å². The number of hydrogen-bond acceptors (Lipinski definition) is 4. The van der Waals surface area contributed by atoms with Gasteiger partial charge in [0.05, 0.1) is 12.3 Å². The van der Waals surface area contributed by atoms with Crippen LogP contribution in [0.5, 0.6) is 0 Å². The van der Waals surface area contributed by atoms with Crippen molar-refractivity contribution in [2.24, 2.45) is 0 Å². The Morgan fingerprint density at radius 3 is 2.81 bits per heavy atom. The Bertz CT molecular complexity index is 934. The summed E-state index contributed by atoms with van der Waals surface area (Å²) in [6, 6.07) is 15.8. The lowest BCUT2D eigenvalue weighted by Crippen LogP contribution is -2.35. The molecule has 0 radical (unpaired) electrons. The second kappa shape index (κ2) is 7.27. The van der Waals surface area contributed by atoms with Crippen molar-refractivity contribution < 1.29 is 9.21 Å². The lowest BCUT2D eigenvalue weighted by atomic mass is 9.93. The van der Waals surface area contributed by atoms with Crippen LogP contribution in [0.4, 0.5) is 5.82 Å². The van der Waals surface area contributed by atoms with Gasteiger partial charge in [0, 0.05) is 26.8 Å². The lowest BCUT2D eigenvalue weighted by Gasteiger charge is -2.31. The number of pyridine rings is 1. The molecule has 0 spiro atoms. The maximum atomic E-state index is 13.2. The molecule has 0 bridgehead atoms. The number of nitrogens with zero attached hydrogens (tertiary/aromatic N) is 3. The largest absolute Gasteiger partial charge is 0.459 e. The number of rotatable bonds is 3. The summed E-state index contributed by atoms with van der Waals surface area (Å²) >= 11 is 0. The third-order valence-corrected chi connectivity index (χ3v) is 5.04.